The molecule has 0 unspecified atom stereocenters. The highest BCUT2D eigenvalue weighted by Crippen LogP contribution is 2.43. The Morgan fingerprint density at radius 1 is 1.38 bits per heavy atom. The van der Waals surface area contributed by atoms with Gasteiger partial charge in [-0.15, -0.1) is 5.10 Å². The minimum absolute atomic E-state index is 0.0532. The molecular formula is C19H33N5O2. The summed E-state index contributed by atoms with van der Waals surface area (Å²) in [6.45, 7) is 11.2. The lowest BCUT2D eigenvalue weighted by Gasteiger charge is -2.51. The quantitative estimate of drug-likeness (QED) is 0.726. The van der Waals surface area contributed by atoms with Gasteiger partial charge in [0, 0.05) is 18.1 Å². The molecule has 1 aliphatic carbocycles. The second-order valence-electron chi connectivity index (χ2n) is 8.25. The molecule has 146 valence electrons. The Morgan fingerprint density at radius 3 is 2.77 bits per heavy atom. The van der Waals surface area contributed by atoms with Crippen molar-refractivity contribution in [2.24, 2.45) is 5.41 Å². The SMILES string of the molecule is CCCCO[C@H]1C[C@@H](NC(=O)c2nnn(C3CCNCC3)c2C)C1(C)C. The van der Waals surface area contributed by atoms with E-state index in [9.17, 15) is 4.79 Å². The van der Waals surface area contributed by atoms with Crippen LogP contribution in [-0.2, 0) is 4.74 Å². The van der Waals surface area contributed by atoms with Gasteiger partial charge in [0.1, 0.15) is 0 Å². The highest BCUT2D eigenvalue weighted by atomic mass is 16.5. The summed E-state index contributed by atoms with van der Waals surface area (Å²) in [5.74, 6) is -0.118. The van der Waals surface area contributed by atoms with E-state index >= 15 is 0 Å². The van der Waals surface area contributed by atoms with E-state index in [1.54, 1.807) is 0 Å². The summed E-state index contributed by atoms with van der Waals surface area (Å²) >= 11 is 0. The number of rotatable bonds is 7. The Morgan fingerprint density at radius 2 is 2.12 bits per heavy atom. The largest absolute Gasteiger partial charge is 0.378 e. The molecule has 2 N–H and O–H groups in total. The summed E-state index contributed by atoms with van der Waals surface area (Å²) in [6.07, 6.45) is 5.35. The van der Waals surface area contributed by atoms with Crippen molar-refractivity contribution < 1.29 is 9.53 Å². The number of aromatic nitrogens is 3. The minimum atomic E-state index is -0.118. The van der Waals surface area contributed by atoms with Gasteiger partial charge in [0.05, 0.1) is 17.8 Å². The van der Waals surface area contributed by atoms with E-state index in [4.69, 9.17) is 4.74 Å². The van der Waals surface area contributed by atoms with Gasteiger partial charge in [0.15, 0.2) is 5.69 Å². The number of unbranched alkanes of at least 4 members (excludes halogenated alkanes) is 1. The molecule has 3 rings (SSSR count). The first kappa shape index (κ1) is 19.3. The van der Waals surface area contributed by atoms with Gasteiger partial charge in [-0.2, -0.15) is 0 Å². The first-order valence-corrected chi connectivity index (χ1v) is 10.00. The molecule has 0 radical (unpaired) electrons. The van der Waals surface area contributed by atoms with Crippen molar-refractivity contribution in [3.8, 4) is 0 Å². The van der Waals surface area contributed by atoms with E-state index in [-0.39, 0.29) is 23.5 Å². The third kappa shape index (κ3) is 3.78. The summed E-state index contributed by atoms with van der Waals surface area (Å²) < 4.78 is 7.90. The zero-order chi connectivity index (χ0) is 18.7. The van der Waals surface area contributed by atoms with Gasteiger partial charge in [-0.3, -0.25) is 4.79 Å². The Labute approximate surface area is 156 Å². The normalized spacial score (nSPS) is 25.7. The average Bonchev–Trinajstić information content (AvgIpc) is 3.02. The molecule has 7 heteroatoms. The van der Waals surface area contributed by atoms with E-state index < -0.39 is 0 Å². The van der Waals surface area contributed by atoms with Crippen molar-refractivity contribution in [2.75, 3.05) is 19.7 Å². The summed E-state index contributed by atoms with van der Waals surface area (Å²) in [7, 11) is 0. The third-order valence-electron chi connectivity index (χ3n) is 6.10. The van der Waals surface area contributed by atoms with Gasteiger partial charge >= 0.3 is 0 Å². The second kappa shape index (κ2) is 8.05. The standard InChI is InChI=1S/C19H33N5O2/c1-5-6-11-26-16-12-15(19(16,3)4)21-18(25)17-13(2)24(23-22-17)14-7-9-20-10-8-14/h14-16,20H,5-12H2,1-4H3,(H,21,25)/t15-,16+/m1/s1. The van der Waals surface area contributed by atoms with Gasteiger partial charge < -0.3 is 15.4 Å². The average molecular weight is 364 g/mol. The van der Waals surface area contributed by atoms with Crippen LogP contribution in [0.2, 0.25) is 0 Å². The molecule has 2 aliphatic rings. The van der Waals surface area contributed by atoms with Crippen molar-refractivity contribution in [2.45, 2.75) is 78.0 Å². The highest BCUT2D eigenvalue weighted by Gasteiger charge is 2.49. The lowest BCUT2D eigenvalue weighted by Crippen LogP contribution is -2.62. The van der Waals surface area contributed by atoms with Crippen LogP contribution < -0.4 is 10.6 Å². The summed E-state index contributed by atoms with van der Waals surface area (Å²) in [6, 6.07) is 0.451. The molecule has 2 heterocycles. The summed E-state index contributed by atoms with van der Waals surface area (Å²) in [4.78, 5) is 12.7. The number of carbonyl (C=O) groups excluding carboxylic acids is 1. The maximum atomic E-state index is 12.7. The number of nitrogens with zero attached hydrogens (tertiary/aromatic N) is 3. The lowest BCUT2D eigenvalue weighted by atomic mass is 9.64. The molecule has 1 amide bonds. The van der Waals surface area contributed by atoms with Crippen LogP contribution in [0.15, 0.2) is 0 Å². The van der Waals surface area contributed by atoms with Gasteiger partial charge in [-0.05, 0) is 45.7 Å². The van der Waals surface area contributed by atoms with Crippen molar-refractivity contribution in [3.63, 3.8) is 0 Å². The molecule has 0 bridgehead atoms. The fraction of sp³-hybridized carbons (Fsp3) is 0.842. The Balaban J connectivity index is 1.58. The predicted octanol–water partition coefficient (Wildman–Crippen LogP) is 2.22. The molecule has 1 saturated heterocycles. The molecular weight excluding hydrogens is 330 g/mol. The van der Waals surface area contributed by atoms with E-state index in [0.717, 1.165) is 57.5 Å². The second-order valence-corrected chi connectivity index (χ2v) is 8.25. The fourth-order valence-electron chi connectivity index (χ4n) is 3.96. The maximum absolute atomic E-state index is 12.7. The van der Waals surface area contributed by atoms with Crippen LogP contribution >= 0.6 is 0 Å². The monoisotopic (exact) mass is 363 g/mol. The predicted molar refractivity (Wildman–Crippen MR) is 100 cm³/mol. The van der Waals surface area contributed by atoms with Crippen LogP contribution in [0.4, 0.5) is 0 Å². The molecule has 0 spiro atoms. The fourth-order valence-corrected chi connectivity index (χ4v) is 3.96. The molecule has 0 aromatic carbocycles. The van der Waals surface area contributed by atoms with Crippen molar-refractivity contribution in [1.82, 2.24) is 25.6 Å². The van der Waals surface area contributed by atoms with Gasteiger partial charge in [-0.1, -0.05) is 32.4 Å². The number of ether oxygens (including phenoxy) is 1. The number of piperidine rings is 1. The topological polar surface area (TPSA) is 81.1 Å². The molecule has 1 aliphatic heterocycles. The first-order chi connectivity index (χ1) is 12.4. The van der Waals surface area contributed by atoms with Crippen LogP contribution in [0.5, 0.6) is 0 Å². The van der Waals surface area contributed by atoms with Gasteiger partial charge in [0.2, 0.25) is 0 Å². The molecule has 1 aromatic rings. The summed E-state index contributed by atoms with van der Waals surface area (Å²) in [5.41, 5.74) is 1.26. The van der Waals surface area contributed by atoms with Crippen molar-refractivity contribution in [1.29, 1.82) is 0 Å². The lowest BCUT2D eigenvalue weighted by molar-refractivity contribution is -0.115. The molecule has 2 atom stereocenters. The number of amides is 1. The van der Waals surface area contributed by atoms with E-state index in [2.05, 4.69) is 41.7 Å². The van der Waals surface area contributed by atoms with Crippen LogP contribution in [0.1, 0.15) is 75.1 Å². The Bertz CT molecular complexity index is 621. The van der Waals surface area contributed by atoms with E-state index in [1.807, 2.05) is 11.6 Å². The number of nitrogens with one attached hydrogen (secondary N) is 2. The summed E-state index contributed by atoms with van der Waals surface area (Å²) in [5, 5.41) is 15.0. The Hall–Kier alpha value is -1.47. The molecule has 7 nitrogen and oxygen atoms in total. The smallest absolute Gasteiger partial charge is 0.273 e. The van der Waals surface area contributed by atoms with E-state index in [0.29, 0.717) is 11.7 Å². The van der Waals surface area contributed by atoms with Crippen molar-refractivity contribution >= 4 is 5.91 Å². The molecule has 1 aromatic heterocycles. The minimum Gasteiger partial charge on any atom is -0.378 e. The highest BCUT2D eigenvalue weighted by molar-refractivity contribution is 5.93. The number of carbonyl (C=O) groups is 1. The number of hydrogen-bond donors (Lipinski definition) is 2. The third-order valence-corrected chi connectivity index (χ3v) is 6.10. The van der Waals surface area contributed by atoms with Crippen LogP contribution in [0.3, 0.4) is 0 Å². The van der Waals surface area contributed by atoms with E-state index in [1.165, 1.54) is 0 Å². The number of hydrogen-bond acceptors (Lipinski definition) is 5. The molecule has 2 fully saturated rings. The van der Waals surface area contributed by atoms with Gasteiger partial charge in [-0.25, -0.2) is 4.68 Å². The molecule has 1 saturated carbocycles. The van der Waals surface area contributed by atoms with Crippen molar-refractivity contribution in [3.05, 3.63) is 11.4 Å². The van der Waals surface area contributed by atoms with Gasteiger partial charge in [0.25, 0.3) is 5.91 Å². The van der Waals surface area contributed by atoms with Crippen LogP contribution in [-0.4, -0.2) is 52.7 Å². The molecule has 26 heavy (non-hydrogen) atoms. The van der Waals surface area contributed by atoms with Crippen LogP contribution in [0, 0.1) is 12.3 Å². The zero-order valence-electron chi connectivity index (χ0n) is 16.5. The van der Waals surface area contributed by atoms with Crippen LogP contribution in [0.25, 0.3) is 0 Å². The maximum Gasteiger partial charge on any atom is 0.273 e. The zero-order valence-corrected chi connectivity index (χ0v) is 16.5. The first-order valence-electron chi connectivity index (χ1n) is 10.00. The Kier molecular flexibility index (Phi) is 5.97.